The number of hydrogen-bond donors (Lipinski definition) is 1. The number of carboxylic acids is 1. The van der Waals surface area contributed by atoms with E-state index in [0.29, 0.717) is 6.61 Å². The Balaban J connectivity index is 3.28. The molecule has 0 aromatic heterocycles. The molecule has 0 bridgehead atoms. The van der Waals surface area contributed by atoms with E-state index in [2.05, 4.69) is 4.74 Å². The number of ether oxygens (including phenoxy) is 2. The standard InChI is InChI=1S/C7H12O5/c1-2-11-4-3-7(10)12-5-6(8)9/h2-5H2,1H3,(H,8,9). The molecule has 5 heteroatoms. The Morgan fingerprint density at radius 3 is 2.58 bits per heavy atom. The number of rotatable bonds is 6. The van der Waals surface area contributed by atoms with Gasteiger partial charge in [0.15, 0.2) is 6.61 Å². The van der Waals surface area contributed by atoms with E-state index in [4.69, 9.17) is 9.84 Å². The van der Waals surface area contributed by atoms with Crippen LogP contribution in [-0.4, -0.2) is 36.9 Å². The number of aliphatic carboxylic acids is 1. The summed E-state index contributed by atoms with van der Waals surface area (Å²) in [5.74, 6) is -1.70. The van der Waals surface area contributed by atoms with Crippen molar-refractivity contribution in [2.24, 2.45) is 0 Å². The summed E-state index contributed by atoms with van der Waals surface area (Å²) < 4.78 is 9.19. The van der Waals surface area contributed by atoms with Gasteiger partial charge in [0.25, 0.3) is 0 Å². The van der Waals surface area contributed by atoms with E-state index in [1.807, 2.05) is 6.92 Å². The van der Waals surface area contributed by atoms with Crippen molar-refractivity contribution in [3.63, 3.8) is 0 Å². The molecule has 0 aromatic carbocycles. The molecule has 0 unspecified atom stereocenters. The molecule has 0 saturated heterocycles. The van der Waals surface area contributed by atoms with Crippen LogP contribution in [-0.2, 0) is 19.1 Å². The molecule has 0 amide bonds. The fourth-order valence-electron chi connectivity index (χ4n) is 0.514. The van der Waals surface area contributed by atoms with Crippen LogP contribution in [0, 0.1) is 0 Å². The van der Waals surface area contributed by atoms with Gasteiger partial charge in [-0.05, 0) is 6.92 Å². The summed E-state index contributed by atoms with van der Waals surface area (Å²) in [6.45, 7) is 2.04. The lowest BCUT2D eigenvalue weighted by Gasteiger charge is -2.01. The summed E-state index contributed by atoms with van der Waals surface area (Å²) in [6, 6.07) is 0. The van der Waals surface area contributed by atoms with Crippen LogP contribution in [0.25, 0.3) is 0 Å². The van der Waals surface area contributed by atoms with Crippen LogP contribution in [0.4, 0.5) is 0 Å². The quantitative estimate of drug-likeness (QED) is 0.457. The topological polar surface area (TPSA) is 72.8 Å². The third-order valence-corrected chi connectivity index (χ3v) is 1.01. The number of carbonyl (C=O) groups excluding carboxylic acids is 1. The number of carbonyl (C=O) groups is 2. The van der Waals surface area contributed by atoms with Gasteiger partial charge in [0, 0.05) is 6.61 Å². The number of carboxylic acid groups (broad SMARTS) is 1. The van der Waals surface area contributed by atoms with E-state index < -0.39 is 18.5 Å². The Kier molecular flexibility index (Phi) is 6.00. The van der Waals surface area contributed by atoms with E-state index in [9.17, 15) is 9.59 Å². The highest BCUT2D eigenvalue weighted by molar-refractivity contribution is 5.75. The summed E-state index contributed by atoms with van der Waals surface area (Å²) >= 11 is 0. The van der Waals surface area contributed by atoms with Crippen LogP contribution in [0.3, 0.4) is 0 Å². The van der Waals surface area contributed by atoms with Gasteiger partial charge in [0.1, 0.15) is 0 Å². The molecule has 0 aliphatic carbocycles. The lowest BCUT2D eigenvalue weighted by molar-refractivity contribution is -0.155. The molecule has 0 aromatic rings. The minimum Gasteiger partial charge on any atom is -0.479 e. The molecule has 12 heavy (non-hydrogen) atoms. The van der Waals surface area contributed by atoms with E-state index >= 15 is 0 Å². The fraction of sp³-hybridized carbons (Fsp3) is 0.714. The Morgan fingerprint density at radius 2 is 2.08 bits per heavy atom. The third kappa shape index (κ3) is 7.01. The van der Waals surface area contributed by atoms with Crippen molar-refractivity contribution >= 4 is 11.9 Å². The van der Waals surface area contributed by atoms with Gasteiger partial charge in [-0.25, -0.2) is 4.79 Å². The molecule has 1 N–H and O–H groups in total. The van der Waals surface area contributed by atoms with Crippen LogP contribution in [0.2, 0.25) is 0 Å². The summed E-state index contributed by atoms with van der Waals surface area (Å²) in [6.07, 6.45) is 0.0983. The van der Waals surface area contributed by atoms with Gasteiger partial charge in [-0.1, -0.05) is 0 Å². The van der Waals surface area contributed by atoms with Crippen molar-refractivity contribution in [1.82, 2.24) is 0 Å². The molecular weight excluding hydrogens is 164 g/mol. The normalized spacial score (nSPS) is 9.42. The Labute approximate surface area is 70.3 Å². The largest absolute Gasteiger partial charge is 0.479 e. The van der Waals surface area contributed by atoms with Crippen molar-refractivity contribution in [3.8, 4) is 0 Å². The zero-order chi connectivity index (χ0) is 9.40. The first kappa shape index (κ1) is 10.9. The lowest BCUT2D eigenvalue weighted by Crippen LogP contribution is -2.14. The highest BCUT2D eigenvalue weighted by Crippen LogP contribution is 1.87. The average molecular weight is 176 g/mol. The number of hydrogen-bond acceptors (Lipinski definition) is 4. The summed E-state index contributed by atoms with van der Waals surface area (Å²) in [5, 5.41) is 8.13. The smallest absolute Gasteiger partial charge is 0.341 e. The minimum absolute atomic E-state index is 0.0983. The fourth-order valence-corrected chi connectivity index (χ4v) is 0.514. The molecule has 0 aliphatic rings. The zero-order valence-corrected chi connectivity index (χ0v) is 6.91. The Hall–Kier alpha value is -1.10. The molecule has 0 spiro atoms. The van der Waals surface area contributed by atoms with Crippen LogP contribution in [0.1, 0.15) is 13.3 Å². The van der Waals surface area contributed by atoms with Crippen molar-refractivity contribution < 1.29 is 24.2 Å². The van der Waals surface area contributed by atoms with Crippen LogP contribution >= 0.6 is 0 Å². The predicted octanol–water partition coefficient (Wildman–Crippen LogP) is 0.0408. The van der Waals surface area contributed by atoms with E-state index in [1.54, 1.807) is 0 Å². The molecule has 5 nitrogen and oxygen atoms in total. The monoisotopic (exact) mass is 176 g/mol. The maximum Gasteiger partial charge on any atom is 0.341 e. The molecule has 0 atom stereocenters. The Bertz CT molecular complexity index is 154. The van der Waals surface area contributed by atoms with Crippen LogP contribution in [0.15, 0.2) is 0 Å². The summed E-state index contributed by atoms with van der Waals surface area (Å²) in [5.41, 5.74) is 0. The zero-order valence-electron chi connectivity index (χ0n) is 6.91. The molecule has 0 aliphatic heterocycles. The van der Waals surface area contributed by atoms with E-state index in [1.165, 1.54) is 0 Å². The van der Waals surface area contributed by atoms with Gasteiger partial charge < -0.3 is 14.6 Å². The highest BCUT2D eigenvalue weighted by Gasteiger charge is 2.04. The first-order valence-electron chi connectivity index (χ1n) is 3.62. The molecule has 70 valence electrons. The maximum atomic E-state index is 10.7. The summed E-state index contributed by atoms with van der Waals surface area (Å²) in [7, 11) is 0. The average Bonchev–Trinajstić information content (AvgIpc) is 2.01. The first-order valence-corrected chi connectivity index (χ1v) is 3.62. The first-order chi connectivity index (χ1) is 5.66. The SMILES string of the molecule is CCOCCC(=O)OCC(=O)O. The van der Waals surface area contributed by atoms with Crippen LogP contribution < -0.4 is 0 Å². The minimum atomic E-state index is -1.15. The van der Waals surface area contributed by atoms with E-state index in [0.717, 1.165) is 0 Å². The van der Waals surface area contributed by atoms with Crippen molar-refractivity contribution in [2.75, 3.05) is 19.8 Å². The highest BCUT2D eigenvalue weighted by atomic mass is 16.6. The molecular formula is C7H12O5. The van der Waals surface area contributed by atoms with Gasteiger partial charge in [-0.3, -0.25) is 4.79 Å². The number of esters is 1. The second-order valence-electron chi connectivity index (χ2n) is 2.00. The lowest BCUT2D eigenvalue weighted by atomic mass is 10.5. The maximum absolute atomic E-state index is 10.7. The van der Waals surface area contributed by atoms with Crippen molar-refractivity contribution in [3.05, 3.63) is 0 Å². The molecule has 0 radical (unpaired) electrons. The molecule has 0 heterocycles. The second kappa shape index (κ2) is 6.60. The van der Waals surface area contributed by atoms with Crippen molar-refractivity contribution in [2.45, 2.75) is 13.3 Å². The van der Waals surface area contributed by atoms with Gasteiger partial charge in [-0.2, -0.15) is 0 Å². The molecule has 0 saturated carbocycles. The van der Waals surface area contributed by atoms with E-state index in [-0.39, 0.29) is 13.0 Å². The van der Waals surface area contributed by atoms with Gasteiger partial charge in [0.05, 0.1) is 13.0 Å². The molecule has 0 fully saturated rings. The van der Waals surface area contributed by atoms with Gasteiger partial charge in [0.2, 0.25) is 0 Å². The summed E-state index contributed by atoms with van der Waals surface area (Å²) in [4.78, 5) is 20.6. The van der Waals surface area contributed by atoms with Crippen molar-refractivity contribution in [1.29, 1.82) is 0 Å². The third-order valence-electron chi connectivity index (χ3n) is 1.01. The van der Waals surface area contributed by atoms with Gasteiger partial charge in [-0.15, -0.1) is 0 Å². The Morgan fingerprint density at radius 1 is 1.42 bits per heavy atom. The second-order valence-corrected chi connectivity index (χ2v) is 2.00. The van der Waals surface area contributed by atoms with Crippen LogP contribution in [0.5, 0.6) is 0 Å². The van der Waals surface area contributed by atoms with Gasteiger partial charge >= 0.3 is 11.9 Å². The predicted molar refractivity (Wildman–Crippen MR) is 39.7 cm³/mol. The molecule has 0 rings (SSSR count).